The summed E-state index contributed by atoms with van der Waals surface area (Å²) in [4.78, 5) is 4.27. The largest absolute Gasteiger partial charge is 0.339 e. The molecule has 0 aliphatic carbocycles. The van der Waals surface area contributed by atoms with E-state index in [-0.39, 0.29) is 0 Å². The third-order valence-electron chi connectivity index (χ3n) is 5.11. The molecule has 0 radical (unpaired) electrons. The van der Waals surface area contributed by atoms with Gasteiger partial charge < -0.3 is 9.84 Å². The SMILES string of the molecule is Cc1cc(C)n(CCCNCc2ccc(-c3ccc(-c4noc(C)n4)cc3)cc2)n1. The summed E-state index contributed by atoms with van der Waals surface area (Å²) in [6, 6.07) is 19.0. The van der Waals surface area contributed by atoms with Gasteiger partial charge in [0.25, 0.3) is 0 Å². The Morgan fingerprint density at radius 2 is 1.57 bits per heavy atom. The monoisotopic (exact) mass is 401 g/mol. The van der Waals surface area contributed by atoms with Crippen LogP contribution in [0.1, 0.15) is 29.3 Å². The second-order valence-electron chi connectivity index (χ2n) is 7.59. The summed E-state index contributed by atoms with van der Waals surface area (Å²) in [5.74, 6) is 1.20. The van der Waals surface area contributed by atoms with Gasteiger partial charge in [-0.15, -0.1) is 0 Å². The molecule has 0 bridgehead atoms. The van der Waals surface area contributed by atoms with Crippen LogP contribution in [0.4, 0.5) is 0 Å². The number of benzene rings is 2. The van der Waals surface area contributed by atoms with Crippen molar-refractivity contribution in [1.82, 2.24) is 25.2 Å². The molecule has 0 saturated carbocycles. The number of aromatic nitrogens is 4. The van der Waals surface area contributed by atoms with Crippen LogP contribution in [0, 0.1) is 20.8 Å². The number of nitrogens with one attached hydrogen (secondary N) is 1. The molecule has 0 saturated heterocycles. The molecule has 0 aliphatic rings. The number of aryl methyl sites for hydroxylation is 4. The smallest absolute Gasteiger partial charge is 0.223 e. The van der Waals surface area contributed by atoms with Crippen LogP contribution >= 0.6 is 0 Å². The summed E-state index contributed by atoms with van der Waals surface area (Å²) in [5, 5.41) is 12.0. The second kappa shape index (κ2) is 9.05. The molecule has 0 amide bonds. The molecule has 0 fully saturated rings. The van der Waals surface area contributed by atoms with E-state index < -0.39 is 0 Å². The highest BCUT2D eigenvalue weighted by atomic mass is 16.5. The fraction of sp³-hybridized carbons (Fsp3) is 0.292. The van der Waals surface area contributed by atoms with Crippen molar-refractivity contribution in [3.05, 3.63) is 77.4 Å². The van der Waals surface area contributed by atoms with Crippen molar-refractivity contribution in [2.24, 2.45) is 0 Å². The Labute approximate surface area is 176 Å². The molecular formula is C24H27N5O. The van der Waals surface area contributed by atoms with Gasteiger partial charge in [0.05, 0.1) is 5.69 Å². The van der Waals surface area contributed by atoms with Crippen molar-refractivity contribution in [1.29, 1.82) is 0 Å². The van der Waals surface area contributed by atoms with E-state index in [0.29, 0.717) is 11.7 Å². The first-order valence-corrected chi connectivity index (χ1v) is 10.3. The zero-order valence-corrected chi connectivity index (χ0v) is 17.7. The fourth-order valence-corrected chi connectivity index (χ4v) is 3.53. The Kier molecular flexibility index (Phi) is 6.05. The van der Waals surface area contributed by atoms with E-state index in [1.165, 1.54) is 22.4 Å². The summed E-state index contributed by atoms with van der Waals surface area (Å²) in [5.41, 5.74) is 6.91. The molecule has 30 heavy (non-hydrogen) atoms. The first-order valence-electron chi connectivity index (χ1n) is 10.3. The van der Waals surface area contributed by atoms with Crippen molar-refractivity contribution in [2.45, 2.75) is 40.3 Å². The molecule has 0 aliphatic heterocycles. The second-order valence-corrected chi connectivity index (χ2v) is 7.59. The summed E-state index contributed by atoms with van der Waals surface area (Å²) >= 11 is 0. The Hall–Kier alpha value is -3.25. The molecule has 0 unspecified atom stereocenters. The topological polar surface area (TPSA) is 68.8 Å². The van der Waals surface area contributed by atoms with Gasteiger partial charge in [0.15, 0.2) is 0 Å². The van der Waals surface area contributed by atoms with Crippen LogP contribution in [-0.4, -0.2) is 26.5 Å². The summed E-state index contributed by atoms with van der Waals surface area (Å²) < 4.78 is 7.13. The molecule has 6 nitrogen and oxygen atoms in total. The van der Waals surface area contributed by atoms with Crippen LogP contribution in [0.2, 0.25) is 0 Å². The highest BCUT2D eigenvalue weighted by Crippen LogP contribution is 2.23. The van der Waals surface area contributed by atoms with E-state index in [1.807, 2.05) is 19.1 Å². The summed E-state index contributed by atoms with van der Waals surface area (Å²) in [7, 11) is 0. The maximum Gasteiger partial charge on any atom is 0.223 e. The lowest BCUT2D eigenvalue weighted by Gasteiger charge is -2.08. The van der Waals surface area contributed by atoms with Crippen LogP contribution in [-0.2, 0) is 13.1 Å². The number of hydrogen-bond donors (Lipinski definition) is 1. The summed E-state index contributed by atoms with van der Waals surface area (Å²) in [6.07, 6.45) is 1.06. The molecule has 2 aromatic carbocycles. The van der Waals surface area contributed by atoms with Gasteiger partial charge in [-0.1, -0.05) is 53.7 Å². The highest BCUT2D eigenvalue weighted by molar-refractivity contribution is 5.67. The standard InChI is InChI=1S/C24H27N5O/c1-17-15-18(2)29(27-17)14-4-13-25-16-20-5-7-21(8-6-20)22-9-11-23(12-10-22)24-26-19(3)30-28-24/h5-12,15,25H,4,13-14,16H2,1-3H3. The molecule has 2 heterocycles. The van der Waals surface area contributed by atoms with E-state index >= 15 is 0 Å². The van der Waals surface area contributed by atoms with E-state index in [1.54, 1.807) is 6.92 Å². The molecule has 1 N–H and O–H groups in total. The number of rotatable bonds is 8. The lowest BCUT2D eigenvalue weighted by atomic mass is 10.0. The molecule has 0 atom stereocenters. The van der Waals surface area contributed by atoms with Crippen LogP contribution < -0.4 is 5.32 Å². The van der Waals surface area contributed by atoms with Crippen molar-refractivity contribution in [2.75, 3.05) is 6.54 Å². The van der Waals surface area contributed by atoms with E-state index in [0.717, 1.165) is 37.3 Å². The molecule has 6 heteroatoms. The average Bonchev–Trinajstić information content (AvgIpc) is 3.33. The quantitative estimate of drug-likeness (QED) is 0.433. The van der Waals surface area contributed by atoms with Gasteiger partial charge in [-0.3, -0.25) is 4.68 Å². The van der Waals surface area contributed by atoms with Gasteiger partial charge >= 0.3 is 0 Å². The first-order chi connectivity index (χ1) is 14.6. The van der Waals surface area contributed by atoms with Gasteiger partial charge in [-0.2, -0.15) is 10.1 Å². The average molecular weight is 402 g/mol. The van der Waals surface area contributed by atoms with Crippen LogP contribution in [0.25, 0.3) is 22.5 Å². The minimum Gasteiger partial charge on any atom is -0.339 e. The van der Waals surface area contributed by atoms with Crippen LogP contribution in [0.3, 0.4) is 0 Å². The first kappa shape index (κ1) is 20.0. The fourth-order valence-electron chi connectivity index (χ4n) is 3.53. The predicted octanol–water partition coefficient (Wildman–Crippen LogP) is 4.71. The van der Waals surface area contributed by atoms with Gasteiger partial charge in [0.2, 0.25) is 11.7 Å². The molecular weight excluding hydrogens is 374 g/mol. The molecule has 4 aromatic rings. The molecule has 4 rings (SSSR count). The van der Waals surface area contributed by atoms with Crippen molar-refractivity contribution in [3.63, 3.8) is 0 Å². The Morgan fingerprint density at radius 1 is 0.900 bits per heavy atom. The lowest BCUT2D eigenvalue weighted by molar-refractivity contribution is 0.394. The van der Waals surface area contributed by atoms with E-state index in [2.05, 4.69) is 74.6 Å². The molecule has 2 aromatic heterocycles. The van der Waals surface area contributed by atoms with Crippen LogP contribution in [0.15, 0.2) is 59.1 Å². The lowest BCUT2D eigenvalue weighted by Crippen LogP contribution is -2.17. The van der Waals surface area contributed by atoms with Crippen molar-refractivity contribution >= 4 is 0 Å². The highest BCUT2D eigenvalue weighted by Gasteiger charge is 2.06. The third-order valence-corrected chi connectivity index (χ3v) is 5.11. The zero-order valence-electron chi connectivity index (χ0n) is 17.7. The molecule has 0 spiro atoms. The third kappa shape index (κ3) is 4.83. The van der Waals surface area contributed by atoms with Gasteiger partial charge in [-0.25, -0.2) is 0 Å². The van der Waals surface area contributed by atoms with E-state index in [4.69, 9.17) is 4.52 Å². The number of nitrogens with zero attached hydrogens (tertiary/aromatic N) is 4. The Morgan fingerprint density at radius 3 is 2.17 bits per heavy atom. The summed E-state index contributed by atoms with van der Waals surface area (Å²) in [6.45, 7) is 8.72. The van der Waals surface area contributed by atoms with Crippen molar-refractivity contribution in [3.8, 4) is 22.5 Å². The predicted molar refractivity (Wildman–Crippen MR) is 118 cm³/mol. The zero-order chi connectivity index (χ0) is 20.9. The number of hydrogen-bond acceptors (Lipinski definition) is 5. The molecule has 154 valence electrons. The minimum atomic E-state index is 0.574. The normalized spacial score (nSPS) is 11.2. The maximum absolute atomic E-state index is 5.05. The Balaban J connectivity index is 1.27. The van der Waals surface area contributed by atoms with Gasteiger partial charge in [-0.05, 0) is 49.6 Å². The van der Waals surface area contributed by atoms with Crippen molar-refractivity contribution < 1.29 is 4.52 Å². The van der Waals surface area contributed by atoms with E-state index in [9.17, 15) is 0 Å². The minimum absolute atomic E-state index is 0.574. The van der Waals surface area contributed by atoms with Crippen LogP contribution in [0.5, 0.6) is 0 Å². The Bertz CT molecular complexity index is 1090. The van der Waals surface area contributed by atoms with Gasteiger partial charge in [0.1, 0.15) is 0 Å². The van der Waals surface area contributed by atoms with Gasteiger partial charge in [0, 0.05) is 31.3 Å². The maximum atomic E-state index is 5.05.